The SMILES string of the molecule is O=C(N1CCN(c2cccc(C(F)(F)F)c2)CC1)n1nnc2ccc(-c3ccc(Cl)cc3)nc21. The molecule has 0 saturated carbocycles. The minimum absolute atomic E-state index is 0.327. The van der Waals surface area contributed by atoms with Gasteiger partial charge in [-0.3, -0.25) is 0 Å². The molecule has 3 heterocycles. The van der Waals surface area contributed by atoms with Crippen LogP contribution in [0.5, 0.6) is 0 Å². The molecule has 174 valence electrons. The van der Waals surface area contributed by atoms with Gasteiger partial charge in [-0.05, 0) is 42.5 Å². The summed E-state index contributed by atoms with van der Waals surface area (Å²) in [5.41, 5.74) is 2.07. The fraction of sp³-hybridized carbons (Fsp3) is 0.217. The zero-order valence-corrected chi connectivity index (χ0v) is 18.5. The zero-order valence-electron chi connectivity index (χ0n) is 17.7. The number of nitrogens with zero attached hydrogens (tertiary/aromatic N) is 6. The maximum absolute atomic E-state index is 13.2. The van der Waals surface area contributed by atoms with Gasteiger partial charge in [0.15, 0.2) is 5.65 Å². The Balaban J connectivity index is 1.33. The molecule has 1 aliphatic rings. The first-order valence-electron chi connectivity index (χ1n) is 10.5. The predicted octanol–water partition coefficient (Wildman–Crippen LogP) is 4.96. The average Bonchev–Trinajstić information content (AvgIpc) is 3.27. The van der Waals surface area contributed by atoms with E-state index in [4.69, 9.17) is 11.6 Å². The molecule has 1 saturated heterocycles. The molecule has 4 aromatic rings. The highest BCUT2D eigenvalue weighted by molar-refractivity contribution is 6.30. The number of alkyl halides is 3. The summed E-state index contributed by atoms with van der Waals surface area (Å²) < 4.78 is 40.3. The van der Waals surface area contributed by atoms with Gasteiger partial charge in [-0.15, -0.1) is 9.78 Å². The van der Waals surface area contributed by atoms with Crippen molar-refractivity contribution in [3.05, 3.63) is 71.2 Å². The summed E-state index contributed by atoms with van der Waals surface area (Å²) in [7, 11) is 0. The molecule has 0 aliphatic carbocycles. The average molecular weight is 487 g/mol. The second-order valence-electron chi connectivity index (χ2n) is 7.85. The van der Waals surface area contributed by atoms with Crippen LogP contribution in [0.4, 0.5) is 23.7 Å². The number of piperazine rings is 1. The Bertz CT molecular complexity index is 1350. The number of anilines is 1. The number of carbonyl (C=O) groups is 1. The van der Waals surface area contributed by atoms with E-state index >= 15 is 0 Å². The Morgan fingerprint density at radius 3 is 2.38 bits per heavy atom. The van der Waals surface area contributed by atoms with Crippen molar-refractivity contribution in [2.45, 2.75) is 6.18 Å². The lowest BCUT2D eigenvalue weighted by molar-refractivity contribution is -0.137. The molecule has 2 aromatic carbocycles. The Morgan fingerprint density at radius 1 is 0.941 bits per heavy atom. The number of benzene rings is 2. The summed E-state index contributed by atoms with van der Waals surface area (Å²) in [6.45, 7) is 1.44. The van der Waals surface area contributed by atoms with Gasteiger partial charge in [0.2, 0.25) is 0 Å². The van der Waals surface area contributed by atoms with Gasteiger partial charge < -0.3 is 9.80 Å². The Hall–Kier alpha value is -3.66. The molecule has 0 unspecified atom stereocenters. The summed E-state index contributed by atoms with van der Waals surface area (Å²) in [6.07, 6.45) is -4.40. The van der Waals surface area contributed by atoms with Crippen LogP contribution in [0.15, 0.2) is 60.7 Å². The van der Waals surface area contributed by atoms with Crippen LogP contribution in [0, 0.1) is 0 Å². The van der Waals surface area contributed by atoms with Gasteiger partial charge >= 0.3 is 12.2 Å². The number of aromatic nitrogens is 4. The van der Waals surface area contributed by atoms with Crippen molar-refractivity contribution in [3.8, 4) is 11.3 Å². The van der Waals surface area contributed by atoms with Crippen LogP contribution in [0.3, 0.4) is 0 Å². The van der Waals surface area contributed by atoms with Crippen molar-refractivity contribution >= 4 is 34.5 Å². The number of carbonyl (C=O) groups excluding carboxylic acids is 1. The molecule has 2 aromatic heterocycles. The van der Waals surface area contributed by atoms with E-state index in [2.05, 4.69) is 15.3 Å². The molecule has 34 heavy (non-hydrogen) atoms. The van der Waals surface area contributed by atoms with E-state index in [0.29, 0.717) is 53.7 Å². The molecule has 0 spiro atoms. The first-order chi connectivity index (χ1) is 16.3. The number of pyridine rings is 1. The van der Waals surface area contributed by atoms with Crippen LogP contribution in [-0.2, 0) is 6.18 Å². The van der Waals surface area contributed by atoms with Crippen molar-refractivity contribution in [3.63, 3.8) is 0 Å². The molecule has 7 nitrogen and oxygen atoms in total. The smallest absolute Gasteiger partial charge is 0.368 e. The van der Waals surface area contributed by atoms with Crippen molar-refractivity contribution in [1.29, 1.82) is 0 Å². The van der Waals surface area contributed by atoms with Gasteiger partial charge in [0.1, 0.15) is 5.52 Å². The quantitative estimate of drug-likeness (QED) is 0.401. The number of rotatable bonds is 2. The third-order valence-corrected chi connectivity index (χ3v) is 5.96. The monoisotopic (exact) mass is 486 g/mol. The first kappa shape index (κ1) is 22.1. The Morgan fingerprint density at radius 2 is 1.68 bits per heavy atom. The lowest BCUT2D eigenvalue weighted by atomic mass is 10.1. The molecule has 1 fully saturated rings. The molecule has 11 heteroatoms. The summed E-state index contributed by atoms with van der Waals surface area (Å²) in [6, 6.07) is 15.5. The van der Waals surface area contributed by atoms with E-state index in [9.17, 15) is 18.0 Å². The van der Waals surface area contributed by atoms with Crippen LogP contribution in [0.2, 0.25) is 5.02 Å². The van der Waals surface area contributed by atoms with Gasteiger partial charge in [0.25, 0.3) is 0 Å². The van der Waals surface area contributed by atoms with Gasteiger partial charge in [0.05, 0.1) is 11.3 Å². The van der Waals surface area contributed by atoms with E-state index in [0.717, 1.165) is 22.4 Å². The van der Waals surface area contributed by atoms with Gasteiger partial charge in [0, 0.05) is 42.5 Å². The molecular formula is C23H18ClF3N6O. The molecule has 1 amide bonds. The van der Waals surface area contributed by atoms with E-state index < -0.39 is 11.7 Å². The first-order valence-corrected chi connectivity index (χ1v) is 10.9. The maximum Gasteiger partial charge on any atom is 0.416 e. The van der Waals surface area contributed by atoms with Crippen LogP contribution >= 0.6 is 11.6 Å². The third kappa shape index (κ3) is 4.28. The van der Waals surface area contributed by atoms with E-state index in [1.165, 1.54) is 6.07 Å². The summed E-state index contributed by atoms with van der Waals surface area (Å²) >= 11 is 5.96. The van der Waals surface area contributed by atoms with E-state index in [1.807, 2.05) is 17.0 Å². The van der Waals surface area contributed by atoms with Crippen LogP contribution in [0.1, 0.15) is 5.56 Å². The number of hydrogen-bond donors (Lipinski definition) is 0. The minimum atomic E-state index is -4.40. The third-order valence-electron chi connectivity index (χ3n) is 5.71. The lowest BCUT2D eigenvalue weighted by Crippen LogP contribution is -2.50. The van der Waals surface area contributed by atoms with Crippen LogP contribution in [0.25, 0.3) is 22.4 Å². The highest BCUT2D eigenvalue weighted by Gasteiger charge is 2.31. The van der Waals surface area contributed by atoms with Crippen molar-refractivity contribution in [2.24, 2.45) is 0 Å². The fourth-order valence-corrected chi connectivity index (χ4v) is 4.02. The van der Waals surface area contributed by atoms with Gasteiger partial charge in [-0.25, -0.2) is 9.78 Å². The summed E-state index contributed by atoms with van der Waals surface area (Å²) in [5.74, 6) is 0. The van der Waals surface area contributed by atoms with Gasteiger partial charge in [-0.1, -0.05) is 35.0 Å². The number of halogens is 4. The number of amides is 1. The summed E-state index contributed by atoms with van der Waals surface area (Å²) in [5, 5.41) is 8.64. The molecule has 0 bridgehead atoms. The normalized spacial score (nSPS) is 14.6. The zero-order chi connectivity index (χ0) is 23.9. The standard InChI is InChI=1S/C23H18ClF3N6O/c24-17-6-4-15(5-7-17)19-8-9-20-21(28-19)33(30-29-20)22(34)32-12-10-31(11-13-32)18-3-1-2-16(14-18)23(25,26)27/h1-9,14H,10-13H2. The highest BCUT2D eigenvalue weighted by Crippen LogP contribution is 2.32. The Labute approximate surface area is 197 Å². The molecule has 0 N–H and O–H groups in total. The summed E-state index contributed by atoms with van der Waals surface area (Å²) in [4.78, 5) is 21.2. The molecular weight excluding hydrogens is 469 g/mol. The molecule has 0 atom stereocenters. The maximum atomic E-state index is 13.2. The highest BCUT2D eigenvalue weighted by atomic mass is 35.5. The molecule has 5 rings (SSSR count). The minimum Gasteiger partial charge on any atom is -0.368 e. The van der Waals surface area contributed by atoms with Gasteiger partial charge in [-0.2, -0.15) is 13.2 Å². The van der Waals surface area contributed by atoms with Crippen molar-refractivity contribution < 1.29 is 18.0 Å². The van der Waals surface area contributed by atoms with Crippen molar-refractivity contribution in [1.82, 2.24) is 24.9 Å². The number of fused-ring (bicyclic) bond motifs is 1. The lowest BCUT2D eigenvalue weighted by Gasteiger charge is -2.35. The second kappa shape index (κ2) is 8.60. The van der Waals surface area contributed by atoms with Crippen LogP contribution < -0.4 is 4.90 Å². The second-order valence-corrected chi connectivity index (χ2v) is 8.29. The van der Waals surface area contributed by atoms with E-state index in [1.54, 1.807) is 35.2 Å². The predicted molar refractivity (Wildman–Crippen MR) is 122 cm³/mol. The van der Waals surface area contributed by atoms with Crippen LogP contribution in [-0.4, -0.2) is 57.1 Å². The van der Waals surface area contributed by atoms with Crippen molar-refractivity contribution in [2.75, 3.05) is 31.1 Å². The largest absolute Gasteiger partial charge is 0.416 e. The topological polar surface area (TPSA) is 67.2 Å². The fourth-order valence-electron chi connectivity index (χ4n) is 3.89. The Kier molecular flexibility index (Phi) is 5.60. The molecule has 1 aliphatic heterocycles. The molecule has 0 radical (unpaired) electrons. The van der Waals surface area contributed by atoms with E-state index in [-0.39, 0.29) is 6.03 Å². The number of hydrogen-bond acceptors (Lipinski definition) is 5.